The van der Waals surface area contributed by atoms with E-state index in [1.807, 2.05) is 0 Å². The second-order valence-electron chi connectivity index (χ2n) is 3.96. The first-order chi connectivity index (χ1) is 9.02. The third kappa shape index (κ3) is 2.76. The molecule has 0 aliphatic carbocycles. The lowest BCUT2D eigenvalue weighted by Gasteiger charge is -2.14. The molecule has 0 radical (unpaired) electrons. The average molecular weight is 284 g/mol. The molecule has 0 unspecified atom stereocenters. The minimum Gasteiger partial charge on any atom is -0.479 e. The number of carbonyl (C=O) groups excluding carboxylic acids is 1. The quantitative estimate of drug-likeness (QED) is 0.507. The van der Waals surface area contributed by atoms with Gasteiger partial charge in [-0.15, -0.1) is 0 Å². The third-order valence-corrected chi connectivity index (χ3v) is 2.90. The van der Waals surface area contributed by atoms with Crippen molar-refractivity contribution < 1.29 is 9.53 Å². The van der Waals surface area contributed by atoms with Gasteiger partial charge < -0.3 is 10.1 Å². The molecular weight excluding hydrogens is 270 g/mol. The molecule has 1 aliphatic heterocycles. The molecule has 7 nitrogen and oxygen atoms in total. The van der Waals surface area contributed by atoms with E-state index in [0.717, 1.165) is 0 Å². The van der Waals surface area contributed by atoms with Crippen LogP contribution in [0.3, 0.4) is 0 Å². The lowest BCUT2D eigenvalue weighted by atomic mass is 10.4. The average Bonchev–Trinajstić information content (AvgIpc) is 2.78. The van der Waals surface area contributed by atoms with Gasteiger partial charge in [-0.2, -0.15) is 4.98 Å². The molecule has 8 heteroatoms. The molecule has 0 aromatic carbocycles. The Morgan fingerprint density at radius 1 is 1.53 bits per heavy atom. The number of aliphatic imine (C=N–C) groups is 1. The standard InChI is InChI=1S/C11H14ClN5O2/c1-6-14-9(12)8(10(15-6)19-3)16-7(2)17-5-4-13-11(17)18/h4-5H2,1-3H3,(H,13,18). The summed E-state index contributed by atoms with van der Waals surface area (Å²) in [5.41, 5.74) is 0.326. The first kappa shape index (κ1) is 13.5. The maximum atomic E-state index is 11.5. The summed E-state index contributed by atoms with van der Waals surface area (Å²) < 4.78 is 5.14. The fourth-order valence-corrected chi connectivity index (χ4v) is 1.99. The van der Waals surface area contributed by atoms with Gasteiger partial charge in [-0.25, -0.2) is 14.8 Å². The van der Waals surface area contributed by atoms with Crippen LogP contribution in [0, 0.1) is 6.92 Å². The zero-order valence-electron chi connectivity index (χ0n) is 10.9. The molecule has 1 aliphatic rings. The number of urea groups is 1. The fourth-order valence-electron chi connectivity index (χ4n) is 1.75. The van der Waals surface area contributed by atoms with E-state index in [4.69, 9.17) is 16.3 Å². The molecule has 2 rings (SSSR count). The van der Waals surface area contributed by atoms with E-state index in [-0.39, 0.29) is 17.1 Å². The third-order valence-electron chi connectivity index (χ3n) is 2.64. The highest BCUT2D eigenvalue weighted by atomic mass is 35.5. The second-order valence-corrected chi connectivity index (χ2v) is 4.32. The Morgan fingerprint density at radius 2 is 2.26 bits per heavy atom. The van der Waals surface area contributed by atoms with E-state index < -0.39 is 0 Å². The van der Waals surface area contributed by atoms with Gasteiger partial charge in [0.2, 0.25) is 5.88 Å². The zero-order valence-corrected chi connectivity index (χ0v) is 11.7. The minimum absolute atomic E-state index is 0.177. The van der Waals surface area contributed by atoms with Crippen LogP contribution in [-0.4, -0.2) is 46.9 Å². The number of amidine groups is 1. The van der Waals surface area contributed by atoms with Crippen LogP contribution >= 0.6 is 11.6 Å². The Balaban J connectivity index is 2.39. The van der Waals surface area contributed by atoms with E-state index in [1.165, 1.54) is 12.0 Å². The Morgan fingerprint density at radius 3 is 2.84 bits per heavy atom. The summed E-state index contributed by atoms with van der Waals surface area (Å²) in [5, 5.41) is 2.90. The number of amides is 2. The minimum atomic E-state index is -0.177. The Labute approximate surface area is 115 Å². The van der Waals surface area contributed by atoms with Gasteiger partial charge in [0.1, 0.15) is 11.7 Å². The van der Waals surface area contributed by atoms with Crippen molar-refractivity contribution in [2.75, 3.05) is 20.2 Å². The van der Waals surface area contributed by atoms with Crippen LogP contribution in [0.2, 0.25) is 5.15 Å². The zero-order chi connectivity index (χ0) is 14.0. The van der Waals surface area contributed by atoms with Crippen molar-refractivity contribution in [2.24, 2.45) is 4.99 Å². The molecule has 102 valence electrons. The van der Waals surface area contributed by atoms with E-state index in [0.29, 0.717) is 30.4 Å². The van der Waals surface area contributed by atoms with E-state index in [1.54, 1.807) is 13.8 Å². The van der Waals surface area contributed by atoms with Gasteiger partial charge in [0.15, 0.2) is 10.8 Å². The molecule has 19 heavy (non-hydrogen) atoms. The largest absolute Gasteiger partial charge is 0.479 e. The number of ether oxygens (including phenoxy) is 1. The number of nitrogens with zero attached hydrogens (tertiary/aromatic N) is 4. The number of methoxy groups -OCH3 is 1. The molecule has 1 saturated heterocycles. The summed E-state index contributed by atoms with van der Waals surface area (Å²) in [6.07, 6.45) is 0. The smallest absolute Gasteiger partial charge is 0.322 e. The monoisotopic (exact) mass is 283 g/mol. The first-order valence-corrected chi connectivity index (χ1v) is 6.09. The summed E-state index contributed by atoms with van der Waals surface area (Å²) in [4.78, 5) is 25.5. The van der Waals surface area contributed by atoms with Crippen LogP contribution in [0.25, 0.3) is 0 Å². The number of halogens is 1. The summed E-state index contributed by atoms with van der Waals surface area (Å²) in [5.74, 6) is 1.30. The number of aromatic nitrogens is 2. The first-order valence-electron chi connectivity index (χ1n) is 5.71. The number of nitrogens with one attached hydrogen (secondary N) is 1. The fraction of sp³-hybridized carbons (Fsp3) is 0.455. The van der Waals surface area contributed by atoms with Crippen molar-refractivity contribution in [3.8, 4) is 5.88 Å². The van der Waals surface area contributed by atoms with Gasteiger partial charge in [-0.1, -0.05) is 11.6 Å². The topological polar surface area (TPSA) is 79.7 Å². The van der Waals surface area contributed by atoms with Crippen LogP contribution in [-0.2, 0) is 0 Å². The normalized spacial score (nSPS) is 15.7. The number of hydrogen-bond acceptors (Lipinski definition) is 5. The predicted octanol–water partition coefficient (Wildman–Crippen LogP) is 1.52. The second kappa shape index (κ2) is 5.40. The van der Waals surface area contributed by atoms with E-state index in [9.17, 15) is 4.79 Å². The number of aryl methyl sites for hydroxylation is 1. The molecule has 2 heterocycles. The van der Waals surface area contributed by atoms with Gasteiger partial charge in [0.05, 0.1) is 7.11 Å². The van der Waals surface area contributed by atoms with Crippen molar-refractivity contribution in [1.29, 1.82) is 0 Å². The van der Waals surface area contributed by atoms with Crippen molar-refractivity contribution in [1.82, 2.24) is 20.2 Å². The summed E-state index contributed by atoms with van der Waals surface area (Å²) >= 11 is 6.04. The number of rotatable bonds is 2. The van der Waals surface area contributed by atoms with Gasteiger partial charge in [0, 0.05) is 13.1 Å². The van der Waals surface area contributed by atoms with Crippen LogP contribution in [0.15, 0.2) is 4.99 Å². The summed E-state index contributed by atoms with van der Waals surface area (Å²) in [7, 11) is 1.48. The van der Waals surface area contributed by atoms with Crippen LogP contribution < -0.4 is 10.1 Å². The van der Waals surface area contributed by atoms with Gasteiger partial charge >= 0.3 is 6.03 Å². The van der Waals surface area contributed by atoms with Crippen LogP contribution in [0.4, 0.5) is 10.5 Å². The van der Waals surface area contributed by atoms with Crippen molar-refractivity contribution in [3.05, 3.63) is 11.0 Å². The Bertz CT molecular complexity index is 546. The molecule has 1 N–H and O–H groups in total. The SMILES string of the molecule is COc1nc(C)nc(Cl)c1N=C(C)N1CCNC1=O. The molecule has 1 fully saturated rings. The lowest BCUT2D eigenvalue weighted by molar-refractivity contribution is 0.234. The number of hydrogen-bond donors (Lipinski definition) is 1. The van der Waals surface area contributed by atoms with Gasteiger partial charge in [-0.3, -0.25) is 4.90 Å². The van der Waals surface area contributed by atoms with Gasteiger partial charge in [0.25, 0.3) is 0 Å². The lowest BCUT2D eigenvalue weighted by Crippen LogP contribution is -2.32. The molecule has 0 atom stereocenters. The highest BCUT2D eigenvalue weighted by Gasteiger charge is 2.23. The Kier molecular flexibility index (Phi) is 3.84. The van der Waals surface area contributed by atoms with Crippen molar-refractivity contribution in [3.63, 3.8) is 0 Å². The maximum absolute atomic E-state index is 11.5. The maximum Gasteiger partial charge on any atom is 0.322 e. The van der Waals surface area contributed by atoms with Crippen LogP contribution in [0.1, 0.15) is 12.7 Å². The molecule has 0 spiro atoms. The molecule has 0 bridgehead atoms. The highest BCUT2D eigenvalue weighted by molar-refractivity contribution is 6.32. The van der Waals surface area contributed by atoms with Crippen LogP contribution in [0.5, 0.6) is 5.88 Å². The molecular formula is C11H14ClN5O2. The van der Waals surface area contributed by atoms with E-state index >= 15 is 0 Å². The van der Waals surface area contributed by atoms with Crippen molar-refractivity contribution >= 4 is 29.2 Å². The molecule has 2 amide bonds. The van der Waals surface area contributed by atoms with Gasteiger partial charge in [-0.05, 0) is 13.8 Å². The Hall–Kier alpha value is -1.89. The molecule has 1 aromatic heterocycles. The highest BCUT2D eigenvalue weighted by Crippen LogP contribution is 2.32. The van der Waals surface area contributed by atoms with E-state index in [2.05, 4.69) is 20.3 Å². The van der Waals surface area contributed by atoms with Crippen molar-refractivity contribution in [2.45, 2.75) is 13.8 Å². The molecule has 1 aromatic rings. The molecule has 0 saturated carbocycles. The summed E-state index contributed by atoms with van der Waals surface area (Å²) in [6.45, 7) is 4.60. The summed E-state index contributed by atoms with van der Waals surface area (Å²) in [6, 6.07) is -0.177. The number of carbonyl (C=O) groups is 1. The predicted molar refractivity (Wildman–Crippen MR) is 71.2 cm³/mol.